The molecule has 0 saturated heterocycles. The van der Waals surface area contributed by atoms with E-state index in [1.54, 1.807) is 24.4 Å². The Labute approximate surface area is 358 Å². The highest BCUT2D eigenvalue weighted by Crippen LogP contribution is 2.32. The highest BCUT2D eigenvalue weighted by Gasteiger charge is 2.20. The average molecular weight is 844 g/mol. The van der Waals surface area contributed by atoms with E-state index in [0.717, 1.165) is 52.7 Å². The van der Waals surface area contributed by atoms with Crippen LogP contribution < -0.4 is 21.3 Å². The summed E-state index contributed by atoms with van der Waals surface area (Å²) in [6.07, 6.45) is 3.86. The maximum absolute atomic E-state index is 13.3. The van der Waals surface area contributed by atoms with Crippen LogP contribution in [0.1, 0.15) is 66.6 Å². The molecule has 0 radical (unpaired) electrons. The lowest BCUT2D eigenvalue weighted by Gasteiger charge is -2.19. The van der Waals surface area contributed by atoms with E-state index >= 15 is 0 Å². The molecule has 0 aliphatic carbocycles. The monoisotopic (exact) mass is 843 g/mol. The van der Waals surface area contributed by atoms with Crippen molar-refractivity contribution in [2.45, 2.75) is 52.0 Å². The number of hydrogen-bond donors (Lipinski definition) is 5. The van der Waals surface area contributed by atoms with Crippen LogP contribution in [-0.4, -0.2) is 119 Å². The third kappa shape index (κ3) is 18.4. The van der Waals surface area contributed by atoms with Crippen LogP contribution in [0.5, 0.6) is 0 Å². The average Bonchev–Trinajstić information content (AvgIpc) is 3.26. The molecule has 3 amide bonds. The number of aromatic nitrogens is 1. The summed E-state index contributed by atoms with van der Waals surface area (Å²) >= 11 is 0. The third-order valence-corrected chi connectivity index (χ3v) is 9.33. The van der Waals surface area contributed by atoms with Gasteiger partial charge in [0.2, 0.25) is 11.8 Å². The fourth-order valence-electron chi connectivity index (χ4n) is 6.28. The number of carboxylic acids is 1. The van der Waals surface area contributed by atoms with Gasteiger partial charge in [-0.3, -0.25) is 19.2 Å². The molecule has 15 heteroatoms. The van der Waals surface area contributed by atoms with E-state index in [1.165, 1.54) is 0 Å². The first-order valence-corrected chi connectivity index (χ1v) is 21.0. The van der Waals surface area contributed by atoms with Crippen LogP contribution in [0, 0.1) is 6.92 Å². The van der Waals surface area contributed by atoms with Gasteiger partial charge in [0.15, 0.2) is 0 Å². The Morgan fingerprint density at radius 2 is 1.34 bits per heavy atom. The summed E-state index contributed by atoms with van der Waals surface area (Å²) in [5.41, 5.74) is 3.95. The van der Waals surface area contributed by atoms with Gasteiger partial charge in [0.25, 0.3) is 5.91 Å². The van der Waals surface area contributed by atoms with Crippen LogP contribution in [0.3, 0.4) is 0 Å². The van der Waals surface area contributed by atoms with Crippen molar-refractivity contribution in [2.75, 3.05) is 91.0 Å². The molecule has 0 unspecified atom stereocenters. The first-order valence-electron chi connectivity index (χ1n) is 21.0. The van der Waals surface area contributed by atoms with Crippen LogP contribution in [0.2, 0.25) is 0 Å². The molecule has 4 aromatic rings. The number of anilines is 1. The first kappa shape index (κ1) is 48.2. The Morgan fingerprint density at radius 1 is 0.689 bits per heavy atom. The number of rotatable bonds is 31. The molecular weight excluding hydrogens is 783 g/mol. The minimum absolute atomic E-state index is 0.212. The number of pyridine rings is 1. The predicted octanol–water partition coefficient (Wildman–Crippen LogP) is 5.46. The lowest BCUT2D eigenvalue weighted by Crippen LogP contribution is -2.39. The second-order valence-corrected chi connectivity index (χ2v) is 14.2. The van der Waals surface area contributed by atoms with Gasteiger partial charge in [-0.15, -0.1) is 0 Å². The van der Waals surface area contributed by atoms with Crippen LogP contribution in [0.25, 0.3) is 21.9 Å². The lowest BCUT2D eigenvalue weighted by atomic mass is 9.93. The molecule has 1 heterocycles. The summed E-state index contributed by atoms with van der Waals surface area (Å²) in [4.78, 5) is 54.4. The SMILES string of the molecule is CCCOCCOCCOCCOCCCOCCNC(=O)c1ccc(-c2ccc([C@H](CC(=O)O)NC(=O)CNC(=O)CCCNc3cc(C)ccn3)cc2)c2ccccc12. The second kappa shape index (κ2) is 28.1. The molecule has 0 bridgehead atoms. The van der Waals surface area contributed by atoms with Gasteiger partial charge in [0.05, 0.1) is 65.3 Å². The molecule has 0 spiro atoms. The van der Waals surface area contributed by atoms with Crippen molar-refractivity contribution in [1.29, 1.82) is 0 Å². The zero-order valence-electron chi connectivity index (χ0n) is 35.4. The number of hydrogen-bond acceptors (Lipinski definition) is 11. The van der Waals surface area contributed by atoms with Gasteiger partial charge in [0.1, 0.15) is 5.82 Å². The minimum Gasteiger partial charge on any atom is -0.481 e. The second-order valence-electron chi connectivity index (χ2n) is 14.2. The van der Waals surface area contributed by atoms with Crippen molar-refractivity contribution in [1.82, 2.24) is 20.9 Å². The van der Waals surface area contributed by atoms with E-state index in [9.17, 15) is 24.3 Å². The topological polar surface area (TPSA) is 196 Å². The van der Waals surface area contributed by atoms with Crippen molar-refractivity contribution in [3.63, 3.8) is 0 Å². The Morgan fingerprint density at radius 3 is 2.02 bits per heavy atom. The molecule has 3 aromatic carbocycles. The molecule has 61 heavy (non-hydrogen) atoms. The third-order valence-electron chi connectivity index (χ3n) is 9.33. The molecule has 15 nitrogen and oxygen atoms in total. The number of aryl methyl sites for hydroxylation is 1. The van der Waals surface area contributed by atoms with E-state index in [-0.39, 0.29) is 31.2 Å². The van der Waals surface area contributed by atoms with E-state index in [1.807, 2.05) is 61.5 Å². The molecule has 1 atom stereocenters. The summed E-state index contributed by atoms with van der Waals surface area (Å²) in [5, 5.41) is 22.7. The van der Waals surface area contributed by atoms with Crippen molar-refractivity contribution in [2.24, 2.45) is 0 Å². The highest BCUT2D eigenvalue weighted by molar-refractivity contribution is 6.11. The number of carbonyl (C=O) groups is 4. The Balaban J connectivity index is 1.17. The fraction of sp³-hybridized carbons (Fsp3) is 0.457. The van der Waals surface area contributed by atoms with E-state index in [4.69, 9.17) is 23.7 Å². The normalized spacial score (nSPS) is 11.6. The van der Waals surface area contributed by atoms with Gasteiger partial charge in [-0.25, -0.2) is 4.98 Å². The van der Waals surface area contributed by atoms with Gasteiger partial charge >= 0.3 is 5.97 Å². The molecule has 0 aliphatic heterocycles. The molecule has 0 fully saturated rings. The molecule has 5 N–H and O–H groups in total. The summed E-state index contributed by atoms with van der Waals surface area (Å²) in [5.74, 6) is -1.34. The predicted molar refractivity (Wildman–Crippen MR) is 234 cm³/mol. The van der Waals surface area contributed by atoms with Crippen LogP contribution >= 0.6 is 0 Å². The number of carboxylic acid groups (broad SMARTS) is 1. The number of aliphatic carboxylic acids is 1. The van der Waals surface area contributed by atoms with Gasteiger partial charge in [0, 0.05) is 51.1 Å². The maximum Gasteiger partial charge on any atom is 0.305 e. The smallest absolute Gasteiger partial charge is 0.305 e. The Hall–Kier alpha value is -5.45. The number of amides is 3. The van der Waals surface area contributed by atoms with Gasteiger partial charge in [-0.1, -0.05) is 61.5 Å². The minimum atomic E-state index is -1.08. The van der Waals surface area contributed by atoms with Crippen molar-refractivity contribution in [3.8, 4) is 11.1 Å². The van der Waals surface area contributed by atoms with Crippen LogP contribution in [-0.2, 0) is 38.1 Å². The molecular formula is C46H61N5O10. The number of carbonyl (C=O) groups excluding carboxylic acids is 3. The molecule has 0 aliphatic rings. The van der Waals surface area contributed by atoms with Crippen molar-refractivity contribution >= 4 is 40.3 Å². The molecule has 1 aromatic heterocycles. The van der Waals surface area contributed by atoms with E-state index < -0.39 is 17.9 Å². The summed E-state index contributed by atoms with van der Waals surface area (Å²) < 4.78 is 27.6. The summed E-state index contributed by atoms with van der Waals surface area (Å²) in [7, 11) is 0. The quantitative estimate of drug-likeness (QED) is 0.0402. The Kier molecular flexibility index (Phi) is 22.2. The number of nitrogens with one attached hydrogen (secondary N) is 4. The molecule has 330 valence electrons. The summed E-state index contributed by atoms with van der Waals surface area (Å²) in [6.45, 7) is 10.0. The first-order chi connectivity index (χ1) is 29.7. The molecule has 4 rings (SSSR count). The van der Waals surface area contributed by atoms with Crippen molar-refractivity contribution < 1.29 is 48.0 Å². The highest BCUT2D eigenvalue weighted by atomic mass is 16.6. The maximum atomic E-state index is 13.3. The largest absolute Gasteiger partial charge is 0.481 e. The number of nitrogens with zero attached hydrogens (tertiary/aromatic N) is 1. The lowest BCUT2D eigenvalue weighted by molar-refractivity contribution is -0.138. The van der Waals surface area contributed by atoms with E-state index in [2.05, 4.69) is 33.2 Å². The Bertz CT molecular complexity index is 1940. The number of ether oxygens (including phenoxy) is 5. The summed E-state index contributed by atoms with van der Waals surface area (Å²) in [6, 6.07) is 21.6. The van der Waals surface area contributed by atoms with E-state index in [0.29, 0.717) is 90.1 Å². The van der Waals surface area contributed by atoms with Gasteiger partial charge in [-0.05, 0) is 77.4 Å². The zero-order chi connectivity index (χ0) is 43.5. The number of benzene rings is 3. The number of fused-ring (bicyclic) bond motifs is 1. The van der Waals surface area contributed by atoms with Gasteiger partial charge in [-0.2, -0.15) is 0 Å². The fourth-order valence-corrected chi connectivity index (χ4v) is 6.28. The van der Waals surface area contributed by atoms with Crippen molar-refractivity contribution in [3.05, 3.63) is 95.7 Å². The standard InChI is InChI=1S/C46H61N5O10/c1-3-21-57-25-27-60-29-30-61-28-26-59-23-7-22-58-24-20-49-46(56)40-16-15-37(38-8-4-5-9-39(38)40)35-11-13-36(14-12-35)41(32-45(54)55)51-44(53)33-50-43(52)10-6-18-47-42-31-34(2)17-19-48-42/h4-5,8-9,11-17,19,31,41H,3,6-7,10,18,20-30,32-33H2,1-2H3,(H,47,48)(H,49,56)(H,50,52)(H,51,53)(H,54,55)/t41-/m0/s1. The zero-order valence-corrected chi connectivity index (χ0v) is 35.4. The van der Waals surface area contributed by atoms with Gasteiger partial charge < -0.3 is 50.1 Å². The molecule has 0 saturated carbocycles. The van der Waals surface area contributed by atoms with Crippen LogP contribution in [0.4, 0.5) is 5.82 Å². The van der Waals surface area contributed by atoms with Crippen LogP contribution in [0.15, 0.2) is 79.0 Å².